The summed E-state index contributed by atoms with van der Waals surface area (Å²) in [7, 11) is 2.00. The van der Waals surface area contributed by atoms with Gasteiger partial charge in [-0.1, -0.05) is 26.7 Å². The SMILES string of the molecule is CCCCC(CC)C(=O)N1CCCC(CNC)C1.Cl. The van der Waals surface area contributed by atoms with Gasteiger partial charge in [-0.05, 0) is 45.2 Å². The molecule has 2 atom stereocenters. The molecule has 0 aliphatic carbocycles. The van der Waals surface area contributed by atoms with Gasteiger partial charge < -0.3 is 10.2 Å². The number of amides is 1. The zero-order chi connectivity index (χ0) is 13.4. The van der Waals surface area contributed by atoms with Crippen molar-refractivity contribution >= 4 is 18.3 Å². The van der Waals surface area contributed by atoms with Crippen molar-refractivity contribution in [1.82, 2.24) is 10.2 Å². The molecule has 1 fully saturated rings. The number of likely N-dealkylation sites (tertiary alicyclic amines) is 1. The van der Waals surface area contributed by atoms with Crippen LogP contribution in [-0.4, -0.2) is 37.5 Å². The van der Waals surface area contributed by atoms with E-state index in [0.717, 1.165) is 32.5 Å². The summed E-state index contributed by atoms with van der Waals surface area (Å²) in [6, 6.07) is 0. The molecule has 114 valence electrons. The highest BCUT2D eigenvalue weighted by Crippen LogP contribution is 2.21. The van der Waals surface area contributed by atoms with Gasteiger partial charge in [0.15, 0.2) is 0 Å². The fourth-order valence-electron chi connectivity index (χ4n) is 2.93. The first-order valence-corrected chi connectivity index (χ1v) is 7.66. The van der Waals surface area contributed by atoms with Gasteiger partial charge in [0.05, 0.1) is 0 Å². The van der Waals surface area contributed by atoms with Crippen LogP contribution in [0.25, 0.3) is 0 Å². The monoisotopic (exact) mass is 290 g/mol. The number of piperidine rings is 1. The van der Waals surface area contributed by atoms with Gasteiger partial charge in [0, 0.05) is 19.0 Å². The van der Waals surface area contributed by atoms with E-state index in [-0.39, 0.29) is 18.3 Å². The van der Waals surface area contributed by atoms with E-state index in [0.29, 0.717) is 11.8 Å². The van der Waals surface area contributed by atoms with Crippen molar-refractivity contribution in [3.8, 4) is 0 Å². The second-order valence-electron chi connectivity index (χ2n) is 5.60. The summed E-state index contributed by atoms with van der Waals surface area (Å²) in [5, 5.41) is 3.24. The zero-order valence-corrected chi connectivity index (χ0v) is 13.6. The van der Waals surface area contributed by atoms with Crippen molar-refractivity contribution in [2.45, 2.75) is 52.4 Å². The van der Waals surface area contributed by atoms with E-state index in [2.05, 4.69) is 24.1 Å². The first-order chi connectivity index (χ1) is 8.72. The lowest BCUT2D eigenvalue weighted by Crippen LogP contribution is -2.44. The minimum atomic E-state index is 0. The normalized spacial score (nSPS) is 20.8. The molecule has 19 heavy (non-hydrogen) atoms. The van der Waals surface area contributed by atoms with E-state index in [9.17, 15) is 4.79 Å². The lowest BCUT2D eigenvalue weighted by molar-refractivity contribution is -0.137. The highest BCUT2D eigenvalue weighted by molar-refractivity contribution is 5.85. The third-order valence-electron chi connectivity index (χ3n) is 4.07. The van der Waals surface area contributed by atoms with Crippen LogP contribution in [-0.2, 0) is 4.79 Å². The maximum atomic E-state index is 12.5. The van der Waals surface area contributed by atoms with Crippen LogP contribution in [0.3, 0.4) is 0 Å². The summed E-state index contributed by atoms with van der Waals surface area (Å²) < 4.78 is 0. The number of carbonyl (C=O) groups is 1. The molecule has 0 radical (unpaired) electrons. The Balaban J connectivity index is 0.00000324. The van der Waals surface area contributed by atoms with Gasteiger partial charge in [0.1, 0.15) is 0 Å². The van der Waals surface area contributed by atoms with Gasteiger partial charge in [-0.15, -0.1) is 12.4 Å². The molecule has 0 bridgehead atoms. The van der Waals surface area contributed by atoms with Crippen LogP contribution in [0, 0.1) is 11.8 Å². The topological polar surface area (TPSA) is 32.3 Å². The van der Waals surface area contributed by atoms with Gasteiger partial charge in [0.2, 0.25) is 5.91 Å². The highest BCUT2D eigenvalue weighted by Gasteiger charge is 2.27. The predicted octanol–water partition coefficient (Wildman–Crippen LogP) is 3.08. The van der Waals surface area contributed by atoms with E-state index in [1.54, 1.807) is 0 Å². The lowest BCUT2D eigenvalue weighted by atomic mass is 9.93. The molecule has 0 aromatic heterocycles. The molecular weight excluding hydrogens is 260 g/mol. The molecule has 1 aliphatic heterocycles. The van der Waals surface area contributed by atoms with Crippen LogP contribution in [0.2, 0.25) is 0 Å². The molecule has 1 rings (SSSR count). The third-order valence-corrected chi connectivity index (χ3v) is 4.07. The summed E-state index contributed by atoms with van der Waals surface area (Å²) in [6.07, 6.45) is 6.86. The number of nitrogens with zero attached hydrogens (tertiary/aromatic N) is 1. The molecular formula is C15H31ClN2O. The van der Waals surface area contributed by atoms with E-state index >= 15 is 0 Å². The van der Waals surface area contributed by atoms with Crippen LogP contribution < -0.4 is 5.32 Å². The highest BCUT2D eigenvalue weighted by atomic mass is 35.5. The van der Waals surface area contributed by atoms with Crippen LogP contribution in [0.5, 0.6) is 0 Å². The van der Waals surface area contributed by atoms with Crippen LogP contribution in [0.15, 0.2) is 0 Å². The maximum Gasteiger partial charge on any atom is 0.225 e. The second-order valence-corrected chi connectivity index (χ2v) is 5.60. The molecule has 1 amide bonds. The largest absolute Gasteiger partial charge is 0.342 e. The first-order valence-electron chi connectivity index (χ1n) is 7.66. The average molecular weight is 291 g/mol. The number of carbonyl (C=O) groups excluding carboxylic acids is 1. The van der Waals surface area contributed by atoms with Crippen molar-refractivity contribution in [2.24, 2.45) is 11.8 Å². The molecule has 0 aromatic carbocycles. The number of rotatable bonds is 7. The summed E-state index contributed by atoms with van der Waals surface area (Å²) in [6.45, 7) is 7.31. The number of hydrogen-bond donors (Lipinski definition) is 1. The Morgan fingerprint density at radius 2 is 2.16 bits per heavy atom. The quantitative estimate of drug-likeness (QED) is 0.781. The van der Waals surface area contributed by atoms with Crippen LogP contribution >= 0.6 is 12.4 Å². The number of halogens is 1. The van der Waals surface area contributed by atoms with Gasteiger partial charge in [-0.25, -0.2) is 0 Å². The number of nitrogens with one attached hydrogen (secondary N) is 1. The van der Waals surface area contributed by atoms with E-state index in [1.165, 1.54) is 25.7 Å². The zero-order valence-electron chi connectivity index (χ0n) is 12.8. The van der Waals surface area contributed by atoms with Gasteiger partial charge >= 0.3 is 0 Å². The minimum absolute atomic E-state index is 0. The first kappa shape index (κ1) is 18.7. The van der Waals surface area contributed by atoms with E-state index in [1.807, 2.05) is 7.05 Å². The minimum Gasteiger partial charge on any atom is -0.342 e. The average Bonchev–Trinajstić information content (AvgIpc) is 2.40. The molecule has 1 heterocycles. The van der Waals surface area contributed by atoms with E-state index < -0.39 is 0 Å². The van der Waals surface area contributed by atoms with Gasteiger partial charge in [0.25, 0.3) is 0 Å². The molecule has 1 aliphatic rings. The molecule has 3 nitrogen and oxygen atoms in total. The molecule has 0 saturated carbocycles. The van der Waals surface area contributed by atoms with Crippen molar-refractivity contribution in [1.29, 1.82) is 0 Å². The summed E-state index contributed by atoms with van der Waals surface area (Å²) in [5.74, 6) is 1.32. The van der Waals surface area contributed by atoms with Gasteiger partial charge in [-0.3, -0.25) is 4.79 Å². The number of hydrogen-bond acceptors (Lipinski definition) is 2. The fourth-order valence-corrected chi connectivity index (χ4v) is 2.93. The molecule has 4 heteroatoms. The summed E-state index contributed by atoms with van der Waals surface area (Å²) >= 11 is 0. The van der Waals surface area contributed by atoms with Gasteiger partial charge in [-0.2, -0.15) is 0 Å². The molecule has 0 aromatic rings. The summed E-state index contributed by atoms with van der Waals surface area (Å²) in [4.78, 5) is 14.6. The second kappa shape index (κ2) is 10.5. The Kier molecular flexibility index (Phi) is 10.3. The van der Waals surface area contributed by atoms with Crippen molar-refractivity contribution < 1.29 is 4.79 Å². The van der Waals surface area contributed by atoms with Crippen molar-refractivity contribution in [3.63, 3.8) is 0 Å². The smallest absolute Gasteiger partial charge is 0.225 e. The lowest BCUT2D eigenvalue weighted by Gasteiger charge is -2.35. The molecule has 2 unspecified atom stereocenters. The van der Waals surface area contributed by atoms with E-state index in [4.69, 9.17) is 0 Å². The number of unbranched alkanes of at least 4 members (excludes halogenated alkanes) is 1. The fraction of sp³-hybridized carbons (Fsp3) is 0.933. The standard InChI is InChI=1S/C15H30N2O.ClH/c1-4-6-9-14(5-2)15(18)17-10-7-8-13(12-17)11-16-3;/h13-14,16H,4-12H2,1-3H3;1H. The Hall–Kier alpha value is -0.280. The molecule has 0 spiro atoms. The molecule has 1 N–H and O–H groups in total. The van der Waals surface area contributed by atoms with Crippen molar-refractivity contribution in [2.75, 3.05) is 26.7 Å². The Bertz CT molecular complexity index is 246. The Morgan fingerprint density at radius 1 is 1.42 bits per heavy atom. The maximum absolute atomic E-state index is 12.5. The third kappa shape index (κ3) is 6.13. The van der Waals surface area contributed by atoms with Crippen LogP contribution in [0.4, 0.5) is 0 Å². The predicted molar refractivity (Wildman–Crippen MR) is 83.8 cm³/mol. The van der Waals surface area contributed by atoms with Crippen molar-refractivity contribution in [3.05, 3.63) is 0 Å². The molecule has 1 saturated heterocycles. The van der Waals surface area contributed by atoms with Crippen LogP contribution in [0.1, 0.15) is 52.4 Å². The summed E-state index contributed by atoms with van der Waals surface area (Å²) in [5.41, 5.74) is 0. The Labute approximate surface area is 124 Å². The Morgan fingerprint density at radius 3 is 2.74 bits per heavy atom.